The molecule has 0 aliphatic carbocycles. The SMILES string of the molecule is N#Cc1ccc(C=Cc2ncn(CC(O)(Cn3cncn3)c3ccc(F)cc3F)n2)cc1. The molecule has 32 heavy (non-hydrogen) atoms. The molecule has 0 aliphatic heterocycles. The first kappa shape index (κ1) is 21.0. The smallest absolute Gasteiger partial charge is 0.173 e. The predicted octanol–water partition coefficient (Wildman–Crippen LogP) is 2.78. The van der Waals surface area contributed by atoms with Crippen molar-refractivity contribution in [3.05, 3.63) is 95.6 Å². The van der Waals surface area contributed by atoms with Crippen LogP contribution in [0.4, 0.5) is 8.78 Å². The van der Waals surface area contributed by atoms with Crippen LogP contribution in [-0.2, 0) is 18.7 Å². The van der Waals surface area contributed by atoms with Crippen LogP contribution < -0.4 is 0 Å². The number of aromatic nitrogens is 6. The third-order valence-electron chi connectivity index (χ3n) is 4.77. The number of benzene rings is 2. The zero-order valence-corrected chi connectivity index (χ0v) is 16.7. The molecule has 0 aliphatic rings. The summed E-state index contributed by atoms with van der Waals surface area (Å²) in [7, 11) is 0. The first-order valence-electron chi connectivity index (χ1n) is 9.53. The first-order chi connectivity index (χ1) is 15.4. The molecule has 1 unspecified atom stereocenters. The van der Waals surface area contributed by atoms with Crippen molar-refractivity contribution in [2.45, 2.75) is 18.7 Å². The average Bonchev–Trinajstić information content (AvgIpc) is 3.44. The van der Waals surface area contributed by atoms with Gasteiger partial charge in [-0.15, -0.1) is 0 Å². The lowest BCUT2D eigenvalue weighted by Crippen LogP contribution is -2.37. The Morgan fingerprint density at radius 2 is 1.81 bits per heavy atom. The molecule has 2 aromatic carbocycles. The molecule has 0 amide bonds. The van der Waals surface area contributed by atoms with Gasteiger partial charge in [0.2, 0.25) is 0 Å². The van der Waals surface area contributed by atoms with Crippen molar-refractivity contribution in [3.63, 3.8) is 0 Å². The summed E-state index contributed by atoms with van der Waals surface area (Å²) < 4.78 is 30.7. The van der Waals surface area contributed by atoms with E-state index >= 15 is 0 Å². The van der Waals surface area contributed by atoms with Gasteiger partial charge >= 0.3 is 0 Å². The minimum absolute atomic E-state index is 0.0976. The van der Waals surface area contributed by atoms with Crippen molar-refractivity contribution in [1.82, 2.24) is 29.5 Å². The normalized spacial score (nSPS) is 13.2. The van der Waals surface area contributed by atoms with Crippen LogP contribution in [0.15, 0.2) is 61.4 Å². The number of nitriles is 1. The Balaban J connectivity index is 1.58. The maximum Gasteiger partial charge on any atom is 0.173 e. The minimum atomic E-state index is -1.80. The standard InChI is InChI=1S/C22H17F2N7O/c23-18-6-7-19(20(24)9-18)22(32,11-30-14-26-13-28-30)12-31-15-27-21(29-31)8-5-16-1-3-17(10-25)4-2-16/h1-9,13-15,32H,11-12H2. The predicted molar refractivity (Wildman–Crippen MR) is 110 cm³/mol. The van der Waals surface area contributed by atoms with Crippen molar-refractivity contribution in [3.8, 4) is 6.07 Å². The fraction of sp³-hybridized carbons (Fsp3) is 0.136. The van der Waals surface area contributed by atoms with E-state index in [9.17, 15) is 13.9 Å². The van der Waals surface area contributed by atoms with E-state index in [0.717, 1.165) is 11.6 Å². The van der Waals surface area contributed by atoms with Crippen LogP contribution in [0.3, 0.4) is 0 Å². The van der Waals surface area contributed by atoms with Gasteiger partial charge in [0.25, 0.3) is 0 Å². The number of halogens is 2. The summed E-state index contributed by atoms with van der Waals surface area (Å²) in [6.45, 7) is -0.293. The van der Waals surface area contributed by atoms with E-state index in [4.69, 9.17) is 5.26 Å². The maximum atomic E-state index is 14.5. The maximum absolute atomic E-state index is 14.5. The number of nitrogens with zero attached hydrogens (tertiary/aromatic N) is 7. The lowest BCUT2D eigenvalue weighted by atomic mass is 9.93. The van der Waals surface area contributed by atoms with Crippen LogP contribution in [-0.4, -0.2) is 34.6 Å². The van der Waals surface area contributed by atoms with E-state index in [1.54, 1.807) is 36.4 Å². The molecule has 8 nitrogen and oxygen atoms in total. The molecule has 0 bridgehead atoms. The summed E-state index contributed by atoms with van der Waals surface area (Å²) in [4.78, 5) is 8.03. The molecule has 0 radical (unpaired) electrons. The Hall–Kier alpha value is -4.23. The lowest BCUT2D eigenvalue weighted by Gasteiger charge is -2.28. The second-order valence-corrected chi connectivity index (χ2v) is 7.12. The van der Waals surface area contributed by atoms with Gasteiger partial charge in [0, 0.05) is 11.6 Å². The Kier molecular flexibility index (Phi) is 5.83. The van der Waals surface area contributed by atoms with Gasteiger partial charge in [0.05, 0.1) is 24.7 Å². The summed E-state index contributed by atoms with van der Waals surface area (Å²) in [6.07, 6.45) is 7.55. The Labute approximate surface area is 181 Å². The number of aliphatic hydroxyl groups is 1. The molecule has 2 aromatic heterocycles. The Bertz CT molecular complexity index is 1280. The van der Waals surface area contributed by atoms with Crippen molar-refractivity contribution >= 4 is 12.2 Å². The lowest BCUT2D eigenvalue weighted by molar-refractivity contribution is -0.00857. The molecule has 4 rings (SSSR count). The van der Waals surface area contributed by atoms with Crippen molar-refractivity contribution in [2.75, 3.05) is 0 Å². The molecule has 160 valence electrons. The van der Waals surface area contributed by atoms with Gasteiger partial charge in [0.1, 0.15) is 36.2 Å². The largest absolute Gasteiger partial charge is 0.381 e. The highest BCUT2D eigenvalue weighted by Gasteiger charge is 2.34. The quantitative estimate of drug-likeness (QED) is 0.481. The van der Waals surface area contributed by atoms with Crippen molar-refractivity contribution < 1.29 is 13.9 Å². The van der Waals surface area contributed by atoms with E-state index in [1.165, 1.54) is 34.4 Å². The molecule has 1 atom stereocenters. The molecule has 0 spiro atoms. The number of rotatable bonds is 7. The van der Waals surface area contributed by atoms with Crippen LogP contribution in [0.1, 0.15) is 22.5 Å². The first-order valence-corrected chi connectivity index (χ1v) is 9.53. The van der Waals surface area contributed by atoms with Crippen LogP contribution in [0, 0.1) is 23.0 Å². The minimum Gasteiger partial charge on any atom is -0.381 e. The highest BCUT2D eigenvalue weighted by Crippen LogP contribution is 2.28. The van der Waals surface area contributed by atoms with Crippen LogP contribution >= 0.6 is 0 Å². The fourth-order valence-corrected chi connectivity index (χ4v) is 3.24. The van der Waals surface area contributed by atoms with E-state index < -0.39 is 17.2 Å². The Morgan fingerprint density at radius 1 is 1.03 bits per heavy atom. The zero-order valence-electron chi connectivity index (χ0n) is 16.7. The molecule has 4 aromatic rings. The second kappa shape index (κ2) is 8.87. The number of hydrogen-bond donors (Lipinski definition) is 1. The van der Waals surface area contributed by atoms with Crippen molar-refractivity contribution in [1.29, 1.82) is 5.26 Å². The molecule has 10 heteroatoms. The summed E-state index contributed by atoms with van der Waals surface area (Å²) in [5, 5.41) is 28.5. The molecule has 0 saturated heterocycles. The van der Waals surface area contributed by atoms with E-state index in [1.807, 2.05) is 0 Å². The third kappa shape index (κ3) is 4.74. The molecular weight excluding hydrogens is 416 g/mol. The summed E-state index contributed by atoms with van der Waals surface area (Å²) in [6, 6.07) is 12.0. The zero-order chi connectivity index (χ0) is 22.6. The summed E-state index contributed by atoms with van der Waals surface area (Å²) >= 11 is 0. The topological polar surface area (TPSA) is 105 Å². The van der Waals surface area contributed by atoms with E-state index in [2.05, 4.69) is 26.2 Å². The highest BCUT2D eigenvalue weighted by molar-refractivity contribution is 5.66. The van der Waals surface area contributed by atoms with Crippen LogP contribution in [0.25, 0.3) is 12.2 Å². The van der Waals surface area contributed by atoms with Gasteiger partial charge in [-0.05, 0) is 29.8 Å². The van der Waals surface area contributed by atoms with Gasteiger partial charge in [-0.3, -0.25) is 0 Å². The monoisotopic (exact) mass is 433 g/mol. The highest BCUT2D eigenvalue weighted by atomic mass is 19.1. The van der Waals surface area contributed by atoms with E-state index in [0.29, 0.717) is 17.5 Å². The van der Waals surface area contributed by atoms with Crippen LogP contribution in [0.5, 0.6) is 0 Å². The van der Waals surface area contributed by atoms with Crippen molar-refractivity contribution in [2.24, 2.45) is 0 Å². The average molecular weight is 433 g/mol. The number of hydrogen-bond acceptors (Lipinski definition) is 6. The molecule has 1 N–H and O–H groups in total. The molecule has 0 saturated carbocycles. The summed E-state index contributed by atoms with van der Waals surface area (Å²) in [5.41, 5.74) is -0.479. The van der Waals surface area contributed by atoms with Gasteiger partial charge in [-0.1, -0.05) is 24.3 Å². The van der Waals surface area contributed by atoms with Gasteiger partial charge in [-0.2, -0.15) is 15.5 Å². The third-order valence-corrected chi connectivity index (χ3v) is 4.77. The summed E-state index contributed by atoms with van der Waals surface area (Å²) in [5.74, 6) is -1.25. The molecule has 0 fully saturated rings. The Morgan fingerprint density at radius 3 is 2.50 bits per heavy atom. The van der Waals surface area contributed by atoms with Gasteiger partial charge in [0.15, 0.2) is 5.82 Å². The molecule has 2 heterocycles. The molecular formula is C22H17F2N7O. The van der Waals surface area contributed by atoms with E-state index in [-0.39, 0.29) is 18.7 Å². The van der Waals surface area contributed by atoms with Gasteiger partial charge in [-0.25, -0.2) is 28.1 Å². The fourth-order valence-electron chi connectivity index (χ4n) is 3.24. The van der Waals surface area contributed by atoms with Crippen LogP contribution in [0.2, 0.25) is 0 Å². The second-order valence-electron chi connectivity index (χ2n) is 7.12. The van der Waals surface area contributed by atoms with Gasteiger partial charge < -0.3 is 5.11 Å².